The van der Waals surface area contributed by atoms with Gasteiger partial charge in [-0.3, -0.25) is 10.1 Å². The van der Waals surface area contributed by atoms with Gasteiger partial charge in [-0.25, -0.2) is 4.79 Å². The lowest BCUT2D eigenvalue weighted by molar-refractivity contribution is -0.122. The molecule has 0 aliphatic carbocycles. The van der Waals surface area contributed by atoms with E-state index in [1.54, 1.807) is 24.3 Å². The van der Waals surface area contributed by atoms with Gasteiger partial charge in [0.2, 0.25) is 0 Å². The van der Waals surface area contributed by atoms with E-state index in [4.69, 9.17) is 16.3 Å². The molecule has 0 aliphatic rings. The van der Waals surface area contributed by atoms with E-state index in [1.165, 1.54) is 0 Å². The van der Waals surface area contributed by atoms with Gasteiger partial charge < -0.3 is 10.1 Å². The fraction of sp³-hybridized carbons (Fsp3) is 0.385. The molecular weight excluding hydrogens is 268 g/mol. The lowest BCUT2D eigenvalue weighted by Crippen LogP contribution is -2.44. The van der Waals surface area contributed by atoms with E-state index in [0.29, 0.717) is 10.8 Å². The number of hydrogen-bond donors (Lipinski definition) is 2. The van der Waals surface area contributed by atoms with Gasteiger partial charge in [-0.05, 0) is 37.6 Å². The number of halogens is 1. The molecule has 0 unspecified atom stereocenters. The van der Waals surface area contributed by atoms with Gasteiger partial charge in [-0.15, -0.1) is 0 Å². The van der Waals surface area contributed by atoms with E-state index in [0.717, 1.165) is 6.42 Å². The quantitative estimate of drug-likeness (QED) is 0.872. The minimum Gasteiger partial charge on any atom is -0.484 e. The van der Waals surface area contributed by atoms with E-state index >= 15 is 0 Å². The van der Waals surface area contributed by atoms with Gasteiger partial charge in [0.05, 0.1) is 0 Å². The summed E-state index contributed by atoms with van der Waals surface area (Å²) in [6.45, 7) is 3.57. The van der Waals surface area contributed by atoms with E-state index in [1.807, 2.05) is 13.8 Å². The van der Waals surface area contributed by atoms with Crippen LogP contribution < -0.4 is 15.4 Å². The summed E-state index contributed by atoms with van der Waals surface area (Å²) in [7, 11) is 0. The number of ether oxygens (including phenoxy) is 1. The molecule has 2 N–H and O–H groups in total. The van der Waals surface area contributed by atoms with Crippen molar-refractivity contribution >= 4 is 23.5 Å². The van der Waals surface area contributed by atoms with Crippen molar-refractivity contribution in [3.8, 4) is 5.75 Å². The van der Waals surface area contributed by atoms with Crippen LogP contribution in [0.4, 0.5) is 4.79 Å². The molecule has 0 spiro atoms. The molecule has 1 rings (SSSR count). The Bertz CT molecular complexity index is 434. The van der Waals surface area contributed by atoms with Crippen LogP contribution in [0, 0.1) is 0 Å². The first-order valence-electron chi connectivity index (χ1n) is 6.00. The molecule has 0 saturated heterocycles. The maximum atomic E-state index is 11.4. The lowest BCUT2D eigenvalue weighted by atomic mass is 10.3. The van der Waals surface area contributed by atoms with Crippen LogP contribution in [-0.4, -0.2) is 24.6 Å². The average Bonchev–Trinajstić information content (AvgIpc) is 2.37. The van der Waals surface area contributed by atoms with Crippen LogP contribution in [0.1, 0.15) is 20.3 Å². The highest BCUT2D eigenvalue weighted by molar-refractivity contribution is 6.30. The van der Waals surface area contributed by atoms with Crippen molar-refractivity contribution in [2.24, 2.45) is 0 Å². The molecule has 0 bridgehead atoms. The highest BCUT2D eigenvalue weighted by atomic mass is 35.5. The van der Waals surface area contributed by atoms with Crippen molar-refractivity contribution in [2.45, 2.75) is 26.3 Å². The number of benzene rings is 1. The predicted molar refractivity (Wildman–Crippen MR) is 73.4 cm³/mol. The number of carbonyl (C=O) groups is 2. The molecule has 3 amide bonds. The van der Waals surface area contributed by atoms with Gasteiger partial charge in [0.15, 0.2) is 6.61 Å². The van der Waals surface area contributed by atoms with Gasteiger partial charge in [-0.1, -0.05) is 18.5 Å². The van der Waals surface area contributed by atoms with Crippen molar-refractivity contribution < 1.29 is 14.3 Å². The van der Waals surface area contributed by atoms with E-state index < -0.39 is 11.9 Å². The Morgan fingerprint density at radius 1 is 1.32 bits per heavy atom. The molecule has 1 aromatic carbocycles. The maximum absolute atomic E-state index is 11.4. The van der Waals surface area contributed by atoms with Crippen LogP contribution in [0.2, 0.25) is 5.02 Å². The molecule has 0 aromatic heterocycles. The second-order valence-corrected chi connectivity index (χ2v) is 4.51. The Hall–Kier alpha value is -1.75. The fourth-order valence-electron chi connectivity index (χ4n) is 1.20. The Balaban J connectivity index is 2.31. The fourth-order valence-corrected chi connectivity index (χ4v) is 1.33. The van der Waals surface area contributed by atoms with E-state index in [9.17, 15) is 9.59 Å². The van der Waals surface area contributed by atoms with Crippen molar-refractivity contribution in [1.82, 2.24) is 10.6 Å². The Morgan fingerprint density at radius 3 is 2.53 bits per heavy atom. The SMILES string of the molecule is CC[C@@H](C)NC(=O)NC(=O)COc1ccc(Cl)cc1. The number of nitrogens with one attached hydrogen (secondary N) is 2. The first-order chi connectivity index (χ1) is 9.01. The molecular formula is C13H17ClN2O3. The third-order valence-corrected chi connectivity index (χ3v) is 2.68. The summed E-state index contributed by atoms with van der Waals surface area (Å²) in [4.78, 5) is 22.8. The van der Waals surface area contributed by atoms with Crippen LogP contribution in [0.3, 0.4) is 0 Å². The van der Waals surface area contributed by atoms with Gasteiger partial charge in [-0.2, -0.15) is 0 Å². The van der Waals surface area contributed by atoms with E-state index in [2.05, 4.69) is 10.6 Å². The number of hydrogen-bond acceptors (Lipinski definition) is 3. The van der Waals surface area contributed by atoms with Crippen LogP contribution in [-0.2, 0) is 4.79 Å². The van der Waals surface area contributed by atoms with E-state index in [-0.39, 0.29) is 12.6 Å². The molecule has 6 heteroatoms. The normalized spacial score (nSPS) is 11.5. The highest BCUT2D eigenvalue weighted by Crippen LogP contribution is 2.15. The number of rotatable bonds is 5. The maximum Gasteiger partial charge on any atom is 0.321 e. The van der Waals surface area contributed by atoms with Gasteiger partial charge in [0, 0.05) is 11.1 Å². The van der Waals surface area contributed by atoms with Crippen LogP contribution >= 0.6 is 11.6 Å². The molecule has 5 nitrogen and oxygen atoms in total. The van der Waals surface area contributed by atoms with Crippen LogP contribution in [0.5, 0.6) is 5.75 Å². The Kier molecular flexibility index (Phi) is 6.15. The van der Waals surface area contributed by atoms with Gasteiger partial charge in [0.25, 0.3) is 5.91 Å². The zero-order valence-corrected chi connectivity index (χ0v) is 11.7. The van der Waals surface area contributed by atoms with Crippen LogP contribution in [0.15, 0.2) is 24.3 Å². The predicted octanol–water partition coefficient (Wildman–Crippen LogP) is 2.34. The highest BCUT2D eigenvalue weighted by Gasteiger charge is 2.10. The molecule has 0 heterocycles. The summed E-state index contributed by atoms with van der Waals surface area (Å²) in [5.41, 5.74) is 0. The standard InChI is InChI=1S/C13H17ClN2O3/c1-3-9(2)15-13(18)16-12(17)8-19-11-6-4-10(14)5-7-11/h4-7,9H,3,8H2,1-2H3,(H2,15,16,17,18)/t9-/m1/s1. The number of carbonyl (C=O) groups excluding carboxylic acids is 2. The summed E-state index contributed by atoms with van der Waals surface area (Å²) in [6.07, 6.45) is 0.795. The molecule has 1 atom stereocenters. The lowest BCUT2D eigenvalue weighted by Gasteiger charge is -2.12. The number of imide groups is 1. The number of amides is 3. The first kappa shape index (κ1) is 15.3. The average molecular weight is 285 g/mol. The molecule has 104 valence electrons. The van der Waals surface area contributed by atoms with Crippen molar-refractivity contribution in [1.29, 1.82) is 0 Å². The monoisotopic (exact) mass is 284 g/mol. The summed E-state index contributed by atoms with van der Waals surface area (Å²) in [6, 6.07) is 6.11. The second-order valence-electron chi connectivity index (χ2n) is 4.07. The Labute approximate surface area is 117 Å². The third kappa shape index (κ3) is 6.10. The summed E-state index contributed by atoms with van der Waals surface area (Å²) >= 11 is 5.72. The van der Waals surface area contributed by atoms with Crippen molar-refractivity contribution in [2.75, 3.05) is 6.61 Å². The summed E-state index contributed by atoms with van der Waals surface area (Å²) in [5.74, 6) is 0.0117. The zero-order valence-electron chi connectivity index (χ0n) is 10.9. The number of urea groups is 1. The van der Waals surface area contributed by atoms with Crippen LogP contribution in [0.25, 0.3) is 0 Å². The largest absolute Gasteiger partial charge is 0.484 e. The summed E-state index contributed by atoms with van der Waals surface area (Å²) in [5, 5.41) is 5.40. The molecule has 0 radical (unpaired) electrons. The molecule has 19 heavy (non-hydrogen) atoms. The molecule has 0 aliphatic heterocycles. The van der Waals surface area contributed by atoms with Gasteiger partial charge >= 0.3 is 6.03 Å². The Morgan fingerprint density at radius 2 is 1.95 bits per heavy atom. The summed E-state index contributed by atoms with van der Waals surface area (Å²) < 4.78 is 5.20. The topological polar surface area (TPSA) is 67.4 Å². The molecule has 0 fully saturated rings. The molecule has 0 saturated carbocycles. The smallest absolute Gasteiger partial charge is 0.321 e. The van der Waals surface area contributed by atoms with Gasteiger partial charge in [0.1, 0.15) is 5.75 Å². The third-order valence-electron chi connectivity index (χ3n) is 2.43. The van der Waals surface area contributed by atoms with Crippen molar-refractivity contribution in [3.63, 3.8) is 0 Å². The molecule has 1 aromatic rings. The minimum absolute atomic E-state index is 0.0185. The van der Waals surface area contributed by atoms with Crippen molar-refractivity contribution in [3.05, 3.63) is 29.3 Å². The first-order valence-corrected chi connectivity index (χ1v) is 6.37. The second kappa shape index (κ2) is 7.63. The zero-order chi connectivity index (χ0) is 14.3. The minimum atomic E-state index is -0.515.